The topological polar surface area (TPSA) is 69.8 Å². The summed E-state index contributed by atoms with van der Waals surface area (Å²) in [6, 6.07) is 12.3. The first kappa shape index (κ1) is 17.6. The molecule has 1 aliphatic carbocycles. The molecule has 1 aromatic carbocycles. The van der Waals surface area contributed by atoms with Crippen molar-refractivity contribution in [2.45, 2.75) is 44.6 Å². The Balaban J connectivity index is 1.33. The largest absolute Gasteiger partial charge is 0.367 e. The van der Waals surface area contributed by atoms with Crippen molar-refractivity contribution in [3.63, 3.8) is 0 Å². The van der Waals surface area contributed by atoms with E-state index in [-0.39, 0.29) is 5.91 Å². The molecule has 1 amide bonds. The van der Waals surface area contributed by atoms with Crippen LogP contribution in [0.5, 0.6) is 0 Å². The van der Waals surface area contributed by atoms with E-state index < -0.39 is 0 Å². The number of pyridine rings is 1. The van der Waals surface area contributed by atoms with Crippen LogP contribution in [0.3, 0.4) is 0 Å². The molecule has 5 heteroatoms. The summed E-state index contributed by atoms with van der Waals surface area (Å²) in [5.41, 5.74) is 3.01. The van der Waals surface area contributed by atoms with Crippen LogP contribution in [-0.2, 0) is 6.42 Å². The lowest BCUT2D eigenvalue weighted by Gasteiger charge is -2.23. The molecule has 5 nitrogen and oxygen atoms in total. The minimum atomic E-state index is -0.0519. The number of rotatable bonds is 6. The molecular weight excluding hydrogens is 336 g/mol. The van der Waals surface area contributed by atoms with Crippen LogP contribution in [0.2, 0.25) is 0 Å². The van der Waals surface area contributed by atoms with Crippen molar-refractivity contribution in [2.24, 2.45) is 0 Å². The highest BCUT2D eigenvalue weighted by molar-refractivity contribution is 5.94. The zero-order valence-corrected chi connectivity index (χ0v) is 15.5. The van der Waals surface area contributed by atoms with E-state index >= 15 is 0 Å². The number of carbonyl (C=O) groups excluding carboxylic acids is 1. The summed E-state index contributed by atoms with van der Waals surface area (Å²) in [5.74, 6) is 0.745. The third kappa shape index (κ3) is 4.30. The highest BCUT2D eigenvalue weighted by atomic mass is 16.1. The molecule has 0 saturated heterocycles. The van der Waals surface area contributed by atoms with Gasteiger partial charge < -0.3 is 15.6 Å². The Bertz CT molecular complexity index is 911. The molecule has 27 heavy (non-hydrogen) atoms. The van der Waals surface area contributed by atoms with Gasteiger partial charge in [-0.15, -0.1) is 0 Å². The first-order chi connectivity index (χ1) is 13.3. The van der Waals surface area contributed by atoms with Gasteiger partial charge in [-0.1, -0.05) is 37.5 Å². The molecule has 1 saturated carbocycles. The summed E-state index contributed by atoms with van der Waals surface area (Å²) in [6.07, 6.45) is 10.8. The van der Waals surface area contributed by atoms with E-state index in [0.717, 1.165) is 17.8 Å². The van der Waals surface area contributed by atoms with Gasteiger partial charge in [-0.25, -0.2) is 4.98 Å². The van der Waals surface area contributed by atoms with Gasteiger partial charge in [0.25, 0.3) is 5.91 Å². The van der Waals surface area contributed by atoms with Gasteiger partial charge in [0.1, 0.15) is 5.82 Å². The van der Waals surface area contributed by atoms with Crippen molar-refractivity contribution in [1.29, 1.82) is 0 Å². The van der Waals surface area contributed by atoms with E-state index in [9.17, 15) is 4.79 Å². The lowest BCUT2D eigenvalue weighted by molar-refractivity contribution is 0.0954. The molecule has 0 bridgehead atoms. The fourth-order valence-electron chi connectivity index (χ4n) is 3.86. The molecule has 3 aromatic rings. The maximum Gasteiger partial charge on any atom is 0.251 e. The molecule has 0 atom stereocenters. The van der Waals surface area contributed by atoms with Crippen LogP contribution < -0.4 is 10.6 Å². The van der Waals surface area contributed by atoms with Gasteiger partial charge in [0, 0.05) is 41.4 Å². The number of hydrogen-bond acceptors (Lipinski definition) is 3. The minimum absolute atomic E-state index is 0.0519. The van der Waals surface area contributed by atoms with Crippen LogP contribution in [0.1, 0.15) is 48.0 Å². The van der Waals surface area contributed by atoms with E-state index in [2.05, 4.69) is 32.7 Å². The summed E-state index contributed by atoms with van der Waals surface area (Å²) in [4.78, 5) is 20.2. The fraction of sp³-hybridized carbons (Fsp3) is 0.364. The molecule has 0 radical (unpaired) electrons. The third-order valence-electron chi connectivity index (χ3n) is 5.33. The van der Waals surface area contributed by atoms with E-state index in [0.29, 0.717) is 18.2 Å². The average molecular weight is 362 g/mol. The molecule has 140 valence electrons. The Labute approximate surface area is 159 Å². The first-order valence-electron chi connectivity index (χ1n) is 9.85. The summed E-state index contributed by atoms with van der Waals surface area (Å²) in [5, 5.41) is 7.72. The van der Waals surface area contributed by atoms with Crippen molar-refractivity contribution in [2.75, 3.05) is 11.9 Å². The summed E-state index contributed by atoms with van der Waals surface area (Å²) < 4.78 is 0. The van der Waals surface area contributed by atoms with Gasteiger partial charge in [-0.3, -0.25) is 4.79 Å². The maximum atomic E-state index is 12.5. The number of benzene rings is 1. The van der Waals surface area contributed by atoms with Gasteiger partial charge in [-0.05, 0) is 43.0 Å². The van der Waals surface area contributed by atoms with E-state index in [1.807, 2.05) is 24.4 Å². The van der Waals surface area contributed by atoms with E-state index in [1.165, 1.54) is 43.1 Å². The third-order valence-corrected chi connectivity index (χ3v) is 5.33. The van der Waals surface area contributed by atoms with Gasteiger partial charge in [-0.2, -0.15) is 0 Å². The number of nitrogens with zero attached hydrogens (tertiary/aromatic N) is 1. The molecule has 2 aromatic heterocycles. The zero-order chi connectivity index (χ0) is 18.5. The van der Waals surface area contributed by atoms with Gasteiger partial charge in [0.05, 0.1) is 0 Å². The van der Waals surface area contributed by atoms with E-state index in [4.69, 9.17) is 0 Å². The molecule has 0 unspecified atom stereocenters. The van der Waals surface area contributed by atoms with Crippen molar-refractivity contribution in [3.8, 4) is 0 Å². The Morgan fingerprint density at radius 1 is 1.15 bits per heavy atom. The molecule has 0 spiro atoms. The highest BCUT2D eigenvalue weighted by Gasteiger charge is 2.14. The molecule has 1 fully saturated rings. The SMILES string of the molecule is O=C(NCCc1c[nH]c2ccccc12)c1ccnc(NC2CCCCC2)c1. The number of nitrogens with one attached hydrogen (secondary N) is 3. The van der Waals surface area contributed by atoms with Crippen molar-refractivity contribution >= 4 is 22.6 Å². The number of anilines is 1. The highest BCUT2D eigenvalue weighted by Crippen LogP contribution is 2.21. The summed E-state index contributed by atoms with van der Waals surface area (Å²) in [7, 11) is 0. The van der Waals surface area contributed by atoms with Gasteiger partial charge in [0.15, 0.2) is 0 Å². The van der Waals surface area contributed by atoms with Gasteiger partial charge in [0.2, 0.25) is 0 Å². The first-order valence-corrected chi connectivity index (χ1v) is 9.85. The number of carbonyl (C=O) groups is 1. The molecular formula is C22H26N4O. The second-order valence-electron chi connectivity index (χ2n) is 7.27. The number of para-hydroxylation sites is 1. The number of fused-ring (bicyclic) bond motifs is 1. The van der Waals surface area contributed by atoms with Crippen LogP contribution >= 0.6 is 0 Å². The summed E-state index contributed by atoms with van der Waals surface area (Å²) >= 11 is 0. The number of aromatic nitrogens is 2. The molecule has 2 heterocycles. The predicted octanol–water partition coefficient (Wildman–Crippen LogP) is 4.28. The molecule has 1 aliphatic rings. The Kier molecular flexibility index (Phi) is 5.37. The normalized spacial score (nSPS) is 15.0. The lowest BCUT2D eigenvalue weighted by atomic mass is 9.95. The molecule has 4 rings (SSSR count). The Morgan fingerprint density at radius 2 is 2.00 bits per heavy atom. The predicted molar refractivity (Wildman–Crippen MR) is 109 cm³/mol. The van der Waals surface area contributed by atoms with Crippen LogP contribution in [-0.4, -0.2) is 28.5 Å². The summed E-state index contributed by atoms with van der Waals surface area (Å²) in [6.45, 7) is 0.606. The smallest absolute Gasteiger partial charge is 0.251 e. The monoisotopic (exact) mass is 362 g/mol. The Morgan fingerprint density at radius 3 is 2.89 bits per heavy atom. The van der Waals surface area contributed by atoms with Crippen LogP contribution in [0.15, 0.2) is 48.8 Å². The number of H-pyrrole nitrogens is 1. The Hall–Kier alpha value is -2.82. The van der Waals surface area contributed by atoms with E-state index in [1.54, 1.807) is 12.3 Å². The van der Waals surface area contributed by atoms with Crippen molar-refractivity contribution in [1.82, 2.24) is 15.3 Å². The van der Waals surface area contributed by atoms with Crippen LogP contribution in [0.4, 0.5) is 5.82 Å². The molecule has 0 aliphatic heterocycles. The van der Waals surface area contributed by atoms with Crippen LogP contribution in [0, 0.1) is 0 Å². The molecule has 3 N–H and O–H groups in total. The number of hydrogen-bond donors (Lipinski definition) is 3. The van der Waals surface area contributed by atoms with Gasteiger partial charge >= 0.3 is 0 Å². The second-order valence-corrected chi connectivity index (χ2v) is 7.27. The zero-order valence-electron chi connectivity index (χ0n) is 15.5. The lowest BCUT2D eigenvalue weighted by Crippen LogP contribution is -2.26. The van der Waals surface area contributed by atoms with Crippen molar-refractivity contribution < 1.29 is 4.79 Å². The quantitative estimate of drug-likeness (QED) is 0.613. The van der Waals surface area contributed by atoms with Crippen LogP contribution in [0.25, 0.3) is 10.9 Å². The standard InChI is InChI=1S/C22H26N4O/c27-22(24-13-11-17-15-25-20-9-5-4-8-19(17)20)16-10-12-23-21(14-16)26-18-6-2-1-3-7-18/h4-5,8-10,12,14-15,18,25H,1-3,6-7,11,13H2,(H,23,26)(H,24,27). The van der Waals surface area contributed by atoms with Crippen molar-refractivity contribution in [3.05, 3.63) is 59.9 Å². The number of aromatic amines is 1. The minimum Gasteiger partial charge on any atom is -0.367 e. The second kappa shape index (κ2) is 8.25. The number of amides is 1. The maximum absolute atomic E-state index is 12.5. The average Bonchev–Trinajstić information content (AvgIpc) is 3.12. The fourth-order valence-corrected chi connectivity index (χ4v) is 3.86.